The van der Waals surface area contributed by atoms with Gasteiger partial charge in [-0.1, -0.05) is 0 Å². The molecule has 4 rings (SSSR count). The van der Waals surface area contributed by atoms with Crippen LogP contribution in [0.5, 0.6) is 0 Å². The molecule has 2 heterocycles. The summed E-state index contributed by atoms with van der Waals surface area (Å²) in [6.45, 7) is 1.61. The highest BCUT2D eigenvalue weighted by Gasteiger charge is 2.26. The Hall–Kier alpha value is -3.13. The highest BCUT2D eigenvalue weighted by molar-refractivity contribution is 7.91. The van der Waals surface area contributed by atoms with Gasteiger partial charge in [0.05, 0.1) is 21.8 Å². The van der Waals surface area contributed by atoms with Gasteiger partial charge in [-0.2, -0.15) is 0 Å². The molecule has 0 saturated carbocycles. The quantitative estimate of drug-likeness (QED) is 0.384. The van der Waals surface area contributed by atoms with Gasteiger partial charge in [0.15, 0.2) is 15.5 Å². The Labute approximate surface area is 193 Å². The third kappa shape index (κ3) is 4.27. The van der Waals surface area contributed by atoms with Gasteiger partial charge in [0.1, 0.15) is 17.1 Å². The molecule has 1 atom stereocenters. The number of hydrogen-bond acceptors (Lipinski definition) is 8. The first kappa shape index (κ1) is 23.0. The fourth-order valence-corrected chi connectivity index (χ4v) is 6.18. The number of rotatable bonds is 6. The van der Waals surface area contributed by atoms with Crippen molar-refractivity contribution in [3.63, 3.8) is 0 Å². The number of thiophene rings is 1. The number of benzene rings is 2. The second kappa shape index (κ2) is 8.33. The van der Waals surface area contributed by atoms with Crippen molar-refractivity contribution in [2.45, 2.75) is 11.8 Å². The first-order valence-corrected chi connectivity index (χ1v) is 12.8. The molecule has 4 aromatic rings. The molecule has 1 N–H and O–H groups in total. The summed E-state index contributed by atoms with van der Waals surface area (Å²) in [7, 11) is -3.97. The van der Waals surface area contributed by atoms with Crippen molar-refractivity contribution in [3.05, 3.63) is 59.7 Å². The number of carboxylic acid groups (broad SMARTS) is 1. The van der Waals surface area contributed by atoms with Crippen molar-refractivity contribution in [3.8, 4) is 11.5 Å². The predicted octanol–water partition coefficient (Wildman–Crippen LogP) is 4.04. The fourth-order valence-electron chi connectivity index (χ4n) is 3.25. The van der Waals surface area contributed by atoms with E-state index in [-0.39, 0.29) is 32.7 Å². The van der Waals surface area contributed by atoms with Crippen LogP contribution in [0.15, 0.2) is 52.0 Å². The van der Waals surface area contributed by atoms with Gasteiger partial charge in [-0.15, -0.1) is 11.3 Å². The third-order valence-corrected chi connectivity index (χ3v) is 7.93. The zero-order valence-electron chi connectivity index (χ0n) is 16.9. The smallest absolute Gasteiger partial charge is 0.357 e. The van der Waals surface area contributed by atoms with Crippen LogP contribution in [0.3, 0.4) is 0 Å². The van der Waals surface area contributed by atoms with Crippen molar-refractivity contribution in [1.82, 2.24) is 4.98 Å². The fraction of sp³-hybridized carbons (Fsp3) is 0.100. The van der Waals surface area contributed by atoms with Gasteiger partial charge in [0.25, 0.3) is 0 Å². The first-order valence-electron chi connectivity index (χ1n) is 9.09. The maximum absolute atomic E-state index is 13.7. The monoisotopic (exact) mass is 509 g/mol. The second-order valence-corrected chi connectivity index (χ2v) is 10.8. The molecule has 0 fully saturated rings. The summed E-state index contributed by atoms with van der Waals surface area (Å²) in [4.78, 5) is 14.5. The maximum atomic E-state index is 13.7. The number of halogens is 1. The van der Waals surface area contributed by atoms with E-state index in [9.17, 15) is 26.4 Å². The minimum absolute atomic E-state index is 0.137. The summed E-state index contributed by atoms with van der Waals surface area (Å²) >= 11 is -1.86. The Balaban J connectivity index is 1.92. The van der Waals surface area contributed by atoms with Crippen LogP contribution in [0.1, 0.15) is 16.1 Å². The van der Waals surface area contributed by atoms with Crippen LogP contribution >= 0.6 is 11.3 Å². The van der Waals surface area contributed by atoms with E-state index in [2.05, 4.69) is 4.98 Å². The van der Waals surface area contributed by atoms with E-state index in [1.54, 1.807) is 6.92 Å². The van der Waals surface area contributed by atoms with Gasteiger partial charge < -0.3 is 14.1 Å². The van der Waals surface area contributed by atoms with Crippen molar-refractivity contribution in [2.24, 2.45) is 0 Å². The van der Waals surface area contributed by atoms with Crippen LogP contribution < -0.4 is 4.31 Å². The molecule has 2 aromatic carbocycles. The van der Waals surface area contributed by atoms with E-state index >= 15 is 0 Å². The molecule has 172 valence electrons. The molecule has 0 radical (unpaired) electrons. The minimum atomic E-state index is -3.97. The lowest BCUT2D eigenvalue weighted by Crippen LogP contribution is -2.21. The number of carbonyl (C=O) groups is 1. The van der Waals surface area contributed by atoms with E-state index in [0.717, 1.165) is 34.2 Å². The molecular weight excluding hydrogens is 495 g/mol. The molecule has 13 heteroatoms. The van der Waals surface area contributed by atoms with Gasteiger partial charge in [-0.3, -0.25) is 8.51 Å². The number of aromatic carboxylic acids is 1. The van der Waals surface area contributed by atoms with Crippen LogP contribution in [-0.2, 0) is 21.1 Å². The SMILES string of the molecule is Cc1c(N(c2ccc(-c3nc(C(=O)O)co3)cc2S(C)(=O)=O)S(=O)[O-])sc2ccc(F)cc12. The molecule has 1 unspecified atom stereocenters. The van der Waals surface area contributed by atoms with E-state index < -0.39 is 32.9 Å². The Morgan fingerprint density at radius 1 is 1.27 bits per heavy atom. The van der Waals surface area contributed by atoms with Crippen LogP contribution in [-0.4, -0.2) is 39.5 Å². The summed E-state index contributed by atoms with van der Waals surface area (Å²) in [5.74, 6) is -1.96. The highest BCUT2D eigenvalue weighted by atomic mass is 32.2. The number of sulfone groups is 1. The highest BCUT2D eigenvalue weighted by Crippen LogP contribution is 2.44. The van der Waals surface area contributed by atoms with E-state index in [4.69, 9.17) is 9.52 Å². The Morgan fingerprint density at radius 2 is 2.00 bits per heavy atom. The summed E-state index contributed by atoms with van der Waals surface area (Å²) in [5.41, 5.74) is 0.0691. The number of anilines is 2. The molecule has 9 nitrogen and oxygen atoms in total. The normalized spacial score (nSPS) is 12.7. The lowest BCUT2D eigenvalue weighted by molar-refractivity contribution is 0.0690. The third-order valence-electron chi connectivity index (χ3n) is 4.75. The van der Waals surface area contributed by atoms with Crippen LogP contribution in [0.4, 0.5) is 15.1 Å². The molecule has 0 amide bonds. The molecule has 0 spiro atoms. The van der Waals surface area contributed by atoms with Crippen LogP contribution in [0, 0.1) is 12.7 Å². The van der Waals surface area contributed by atoms with Crippen molar-refractivity contribution < 1.29 is 35.9 Å². The lowest BCUT2D eigenvalue weighted by Gasteiger charge is -2.27. The molecule has 33 heavy (non-hydrogen) atoms. The summed E-state index contributed by atoms with van der Waals surface area (Å²) in [6.07, 6.45) is 1.82. The topological polar surface area (TPSA) is 141 Å². The van der Waals surface area contributed by atoms with Crippen molar-refractivity contribution in [2.75, 3.05) is 10.6 Å². The molecule has 0 aliphatic rings. The number of aryl methyl sites for hydroxylation is 1. The lowest BCUT2D eigenvalue weighted by atomic mass is 10.1. The summed E-state index contributed by atoms with van der Waals surface area (Å²) < 4.78 is 70.0. The van der Waals surface area contributed by atoms with Crippen molar-refractivity contribution in [1.29, 1.82) is 0 Å². The maximum Gasteiger partial charge on any atom is 0.357 e. The summed E-state index contributed by atoms with van der Waals surface area (Å²) in [6, 6.07) is 7.82. The first-order chi connectivity index (χ1) is 15.5. The number of carboxylic acids is 1. The van der Waals surface area contributed by atoms with Gasteiger partial charge in [0, 0.05) is 21.9 Å². The number of fused-ring (bicyclic) bond motifs is 1. The Bertz CT molecular complexity index is 1540. The number of oxazole rings is 1. The Kier molecular flexibility index (Phi) is 5.82. The second-order valence-electron chi connectivity index (χ2n) is 6.98. The minimum Gasteiger partial charge on any atom is -0.755 e. The van der Waals surface area contributed by atoms with Gasteiger partial charge in [-0.05, 0) is 48.9 Å². The van der Waals surface area contributed by atoms with E-state index in [1.807, 2.05) is 0 Å². The van der Waals surface area contributed by atoms with Crippen LogP contribution in [0.25, 0.3) is 21.5 Å². The molecule has 0 aliphatic carbocycles. The molecule has 0 aliphatic heterocycles. The van der Waals surface area contributed by atoms with E-state index in [0.29, 0.717) is 15.6 Å². The average molecular weight is 510 g/mol. The zero-order valence-corrected chi connectivity index (χ0v) is 19.4. The number of aromatic nitrogens is 1. The molecule has 0 bridgehead atoms. The molecule has 2 aromatic heterocycles. The standard InChI is InChI=1S/C20H15FN2O7S3/c1-10-13-8-12(21)4-6-16(13)31-19(10)23(32(26)27)15-5-3-11(7-17(15)33(2,28)29)18-22-14(9-30-18)20(24)25/h3-9H,1-2H3,(H,24,25)(H,26,27)/p-1. The van der Waals surface area contributed by atoms with Gasteiger partial charge >= 0.3 is 5.97 Å². The zero-order chi connectivity index (χ0) is 24.1. The largest absolute Gasteiger partial charge is 0.755 e. The van der Waals surface area contributed by atoms with Crippen molar-refractivity contribution >= 4 is 59.2 Å². The molecule has 0 saturated heterocycles. The van der Waals surface area contributed by atoms with E-state index in [1.165, 1.54) is 30.3 Å². The number of hydrogen-bond donors (Lipinski definition) is 1. The molecular formula is C20H14FN2O7S3-. The van der Waals surface area contributed by atoms with Gasteiger partial charge in [-0.25, -0.2) is 22.6 Å². The average Bonchev–Trinajstić information content (AvgIpc) is 3.34. The van der Waals surface area contributed by atoms with Gasteiger partial charge in [0.2, 0.25) is 5.89 Å². The number of nitrogens with zero attached hydrogens (tertiary/aromatic N) is 2. The predicted molar refractivity (Wildman–Crippen MR) is 120 cm³/mol. The Morgan fingerprint density at radius 3 is 2.61 bits per heavy atom. The summed E-state index contributed by atoms with van der Waals surface area (Å²) in [5, 5.41) is 9.72. The van der Waals surface area contributed by atoms with Crippen LogP contribution in [0.2, 0.25) is 0 Å².